The summed E-state index contributed by atoms with van der Waals surface area (Å²) in [5, 5.41) is 8.78. The Morgan fingerprint density at radius 2 is 1.63 bits per heavy atom. The van der Waals surface area contributed by atoms with Crippen LogP contribution >= 0.6 is 7.82 Å². The first kappa shape index (κ1) is 20.2. The van der Waals surface area contributed by atoms with Crippen LogP contribution in [0.3, 0.4) is 0 Å². The number of carboxylic acids is 1. The first-order valence-electron chi connectivity index (χ1n) is 4.58. The minimum absolute atomic E-state index is 0.107. The number of aliphatic carboxylic acids is 1. The second-order valence-corrected chi connectivity index (χ2v) is 4.70. The molecule has 114 valence electrons. The Morgan fingerprint density at radius 1 is 1.32 bits per heavy atom. The molecular formula is C7H13F3NO7P. The third-order valence-electron chi connectivity index (χ3n) is 1.55. The van der Waals surface area contributed by atoms with Gasteiger partial charge < -0.3 is 20.2 Å². The first-order chi connectivity index (χ1) is 8.18. The predicted molar refractivity (Wildman–Crippen MR) is 50.7 cm³/mol. The average Bonchev–Trinajstić information content (AvgIpc) is 2.12. The normalized spacial score (nSPS) is 13.3. The summed E-state index contributed by atoms with van der Waals surface area (Å²) in [4.78, 5) is 36.1. The van der Waals surface area contributed by atoms with Crippen LogP contribution in [0.5, 0.6) is 0 Å². The SMILES string of the molecule is CC(C)C([NH3+])C(=O)OP(=O)(O)O.O=C([O-])C(F)(F)F. The quantitative estimate of drug-likeness (QED) is 0.519. The Balaban J connectivity index is 0. The molecule has 0 bridgehead atoms. The van der Waals surface area contributed by atoms with Gasteiger partial charge in [-0.05, 0) is 0 Å². The average molecular weight is 311 g/mol. The molecular weight excluding hydrogens is 298 g/mol. The molecule has 0 spiro atoms. The van der Waals surface area contributed by atoms with Crippen LogP contribution in [0, 0.1) is 5.92 Å². The number of halogens is 3. The van der Waals surface area contributed by atoms with Gasteiger partial charge in [-0.15, -0.1) is 0 Å². The number of phosphoric acid groups is 1. The Kier molecular flexibility index (Phi) is 7.89. The van der Waals surface area contributed by atoms with Crippen LogP contribution in [0.1, 0.15) is 13.8 Å². The fourth-order valence-electron chi connectivity index (χ4n) is 0.457. The zero-order valence-electron chi connectivity index (χ0n) is 9.88. The summed E-state index contributed by atoms with van der Waals surface area (Å²) < 4.78 is 45.6. The third-order valence-corrected chi connectivity index (χ3v) is 1.97. The summed E-state index contributed by atoms with van der Waals surface area (Å²) >= 11 is 0. The van der Waals surface area contributed by atoms with E-state index in [1.165, 1.54) is 0 Å². The third kappa shape index (κ3) is 11.7. The maximum absolute atomic E-state index is 10.8. The van der Waals surface area contributed by atoms with Crippen molar-refractivity contribution < 1.29 is 52.5 Å². The van der Waals surface area contributed by atoms with E-state index in [0.29, 0.717) is 0 Å². The molecule has 0 fully saturated rings. The number of carbonyl (C=O) groups is 2. The molecule has 0 saturated heterocycles. The number of hydrogen-bond acceptors (Lipinski definition) is 5. The van der Waals surface area contributed by atoms with E-state index < -0.39 is 32.0 Å². The number of phosphoric ester groups is 1. The monoisotopic (exact) mass is 311 g/mol. The van der Waals surface area contributed by atoms with Crippen molar-refractivity contribution in [2.45, 2.75) is 26.1 Å². The number of carboxylic acid groups (broad SMARTS) is 1. The van der Waals surface area contributed by atoms with Gasteiger partial charge in [0.05, 0.1) is 0 Å². The van der Waals surface area contributed by atoms with Crippen molar-refractivity contribution in [3.05, 3.63) is 0 Å². The van der Waals surface area contributed by atoms with Gasteiger partial charge in [0.2, 0.25) is 0 Å². The lowest BCUT2D eigenvalue weighted by molar-refractivity contribution is -0.417. The minimum atomic E-state index is -5.19. The lowest BCUT2D eigenvalue weighted by Gasteiger charge is -2.11. The van der Waals surface area contributed by atoms with E-state index in [2.05, 4.69) is 10.3 Å². The largest absolute Gasteiger partial charge is 0.542 e. The number of rotatable bonds is 3. The molecule has 0 rings (SSSR count). The summed E-state index contributed by atoms with van der Waals surface area (Å²) in [6.45, 7) is 3.41. The number of quaternary nitrogens is 1. The second-order valence-electron chi connectivity index (χ2n) is 3.54. The molecule has 0 heterocycles. The smallest absolute Gasteiger partial charge is 0.527 e. The van der Waals surface area contributed by atoms with Crippen LogP contribution in [0.25, 0.3) is 0 Å². The fraction of sp³-hybridized carbons (Fsp3) is 0.714. The standard InChI is InChI=1S/C5H12NO5P.C2HF3O2/c1-3(2)4(6)5(7)11-12(8,9)10;3-2(4,5)1(6)7/h3-4H,6H2,1-2H3,(H2,8,9,10);(H,6,7). The van der Waals surface area contributed by atoms with Gasteiger partial charge in [0, 0.05) is 5.92 Å². The molecule has 0 saturated carbocycles. The molecule has 8 nitrogen and oxygen atoms in total. The molecule has 0 aromatic rings. The molecule has 0 aliphatic heterocycles. The van der Waals surface area contributed by atoms with E-state index in [-0.39, 0.29) is 5.92 Å². The van der Waals surface area contributed by atoms with Gasteiger partial charge in [-0.25, -0.2) is 9.36 Å². The van der Waals surface area contributed by atoms with Gasteiger partial charge in [-0.2, -0.15) is 13.2 Å². The Morgan fingerprint density at radius 3 is 1.79 bits per heavy atom. The van der Waals surface area contributed by atoms with Gasteiger partial charge in [0.1, 0.15) is 5.97 Å². The summed E-state index contributed by atoms with van der Waals surface area (Å²) in [5.74, 6) is -4.09. The van der Waals surface area contributed by atoms with Crippen LogP contribution in [0.2, 0.25) is 0 Å². The van der Waals surface area contributed by atoms with Crippen LogP contribution < -0.4 is 10.8 Å². The molecule has 0 aliphatic rings. The van der Waals surface area contributed by atoms with Crippen LogP contribution in [-0.2, 0) is 18.7 Å². The molecule has 1 atom stereocenters. The molecule has 0 aliphatic carbocycles. The van der Waals surface area contributed by atoms with Crippen LogP contribution in [0.15, 0.2) is 0 Å². The molecule has 0 aromatic carbocycles. The van der Waals surface area contributed by atoms with E-state index in [9.17, 15) is 22.5 Å². The topological polar surface area (TPSA) is 152 Å². The van der Waals surface area contributed by atoms with Crippen molar-refractivity contribution >= 4 is 19.8 Å². The number of alkyl halides is 3. The van der Waals surface area contributed by atoms with E-state index in [1.807, 2.05) is 0 Å². The van der Waals surface area contributed by atoms with Crippen molar-refractivity contribution in [1.82, 2.24) is 0 Å². The highest BCUT2D eigenvalue weighted by Gasteiger charge is 2.30. The molecule has 0 radical (unpaired) electrons. The molecule has 5 N–H and O–H groups in total. The second kappa shape index (κ2) is 7.43. The van der Waals surface area contributed by atoms with E-state index in [1.54, 1.807) is 13.8 Å². The van der Waals surface area contributed by atoms with Crippen LogP contribution in [0.4, 0.5) is 13.2 Å². The predicted octanol–water partition coefficient (Wildman–Crippen LogP) is -1.81. The Bertz CT molecular complexity index is 364. The summed E-state index contributed by atoms with van der Waals surface area (Å²) in [6, 6.07) is -0.752. The molecule has 1 unspecified atom stereocenters. The highest BCUT2D eigenvalue weighted by Crippen LogP contribution is 2.36. The lowest BCUT2D eigenvalue weighted by atomic mass is 10.1. The minimum Gasteiger partial charge on any atom is -0.542 e. The Labute approximate surface area is 105 Å². The number of carbonyl (C=O) groups excluding carboxylic acids is 2. The maximum Gasteiger partial charge on any atom is 0.527 e. The van der Waals surface area contributed by atoms with Crippen LogP contribution in [-0.4, -0.2) is 33.9 Å². The molecule has 19 heavy (non-hydrogen) atoms. The van der Waals surface area contributed by atoms with Gasteiger partial charge >= 0.3 is 20.0 Å². The highest BCUT2D eigenvalue weighted by molar-refractivity contribution is 7.46. The summed E-state index contributed by atoms with van der Waals surface area (Å²) in [6.07, 6.45) is -5.19. The van der Waals surface area contributed by atoms with Gasteiger partial charge in [0.15, 0.2) is 6.04 Å². The fourth-order valence-corrected chi connectivity index (χ4v) is 0.827. The van der Waals surface area contributed by atoms with Crippen molar-refractivity contribution in [1.29, 1.82) is 0 Å². The van der Waals surface area contributed by atoms with E-state index >= 15 is 0 Å². The van der Waals surface area contributed by atoms with Crippen molar-refractivity contribution in [2.24, 2.45) is 5.92 Å². The summed E-state index contributed by atoms with van der Waals surface area (Å²) in [5.41, 5.74) is 3.40. The van der Waals surface area contributed by atoms with E-state index in [4.69, 9.17) is 19.7 Å². The van der Waals surface area contributed by atoms with Crippen molar-refractivity contribution in [2.75, 3.05) is 0 Å². The molecule has 0 amide bonds. The summed E-state index contributed by atoms with van der Waals surface area (Å²) in [7, 11) is -4.70. The van der Waals surface area contributed by atoms with E-state index in [0.717, 1.165) is 0 Å². The van der Waals surface area contributed by atoms with Crippen molar-refractivity contribution in [3.63, 3.8) is 0 Å². The zero-order valence-corrected chi connectivity index (χ0v) is 10.8. The lowest BCUT2D eigenvalue weighted by Crippen LogP contribution is -2.67. The maximum atomic E-state index is 10.8. The highest BCUT2D eigenvalue weighted by atomic mass is 31.2. The van der Waals surface area contributed by atoms with Gasteiger partial charge in [-0.1, -0.05) is 13.8 Å². The van der Waals surface area contributed by atoms with Gasteiger partial charge in [-0.3, -0.25) is 9.79 Å². The van der Waals surface area contributed by atoms with Gasteiger partial charge in [0.25, 0.3) is 0 Å². The zero-order chi connectivity index (χ0) is 16.0. The molecule has 0 aromatic heterocycles. The Hall–Kier alpha value is -1.16. The van der Waals surface area contributed by atoms with Crippen molar-refractivity contribution in [3.8, 4) is 0 Å². The first-order valence-corrected chi connectivity index (χ1v) is 6.11. The molecule has 12 heteroatoms. The number of hydrogen-bond donors (Lipinski definition) is 3.